The van der Waals surface area contributed by atoms with Crippen LogP contribution in [0, 0.1) is 5.82 Å². The Hall–Kier alpha value is -1.46. The highest BCUT2D eigenvalue weighted by atomic mass is 35.5. The molecule has 0 amide bonds. The van der Waals surface area contributed by atoms with Crippen molar-refractivity contribution in [3.8, 4) is 0 Å². The summed E-state index contributed by atoms with van der Waals surface area (Å²) in [6, 6.07) is 4.84. The van der Waals surface area contributed by atoms with Crippen molar-refractivity contribution in [1.82, 2.24) is 15.1 Å². The molecule has 4 rings (SSSR count). The largest absolute Gasteiger partial charge is 0.425 e. The topological polar surface area (TPSA) is 42.2 Å². The van der Waals surface area contributed by atoms with E-state index < -0.39 is 0 Å². The number of rotatable bonds is 4. The molecule has 1 aliphatic carbocycles. The highest BCUT2D eigenvalue weighted by Gasteiger charge is 2.31. The van der Waals surface area contributed by atoms with Crippen LogP contribution in [0.15, 0.2) is 22.6 Å². The van der Waals surface area contributed by atoms with E-state index in [1.807, 2.05) is 0 Å². The first-order valence-electron chi connectivity index (χ1n) is 8.19. The molecule has 23 heavy (non-hydrogen) atoms. The molecule has 0 N–H and O–H groups in total. The second kappa shape index (κ2) is 6.21. The van der Waals surface area contributed by atoms with E-state index in [1.54, 1.807) is 12.1 Å². The van der Waals surface area contributed by atoms with Gasteiger partial charge in [-0.25, -0.2) is 4.39 Å². The van der Waals surface area contributed by atoms with Gasteiger partial charge in [0.05, 0.1) is 0 Å². The number of aromatic nitrogens is 2. The molecule has 1 aromatic carbocycles. The Bertz CT molecular complexity index is 673. The Balaban J connectivity index is 1.37. The molecular weight excluding hydrogens is 317 g/mol. The zero-order valence-corrected chi connectivity index (χ0v) is 13.6. The van der Waals surface area contributed by atoms with Crippen molar-refractivity contribution in [3.05, 3.63) is 46.4 Å². The molecule has 2 aromatic rings. The van der Waals surface area contributed by atoms with E-state index in [4.69, 9.17) is 16.0 Å². The van der Waals surface area contributed by atoms with Crippen LogP contribution in [0.3, 0.4) is 0 Å². The molecule has 1 aromatic heterocycles. The fourth-order valence-electron chi connectivity index (χ4n) is 3.15. The highest BCUT2D eigenvalue weighted by Crippen LogP contribution is 2.40. The standard InChI is InChI=1S/C17H19ClFN3O/c18-14-2-1-3-15(19)13(14)10-22-8-6-12(7-9-22)17-21-20-16(23-17)11-4-5-11/h1-3,11-12H,4-10H2. The Morgan fingerprint density at radius 3 is 2.35 bits per heavy atom. The lowest BCUT2D eigenvalue weighted by Gasteiger charge is -2.30. The summed E-state index contributed by atoms with van der Waals surface area (Å²) >= 11 is 6.11. The molecule has 0 radical (unpaired) electrons. The SMILES string of the molecule is Fc1cccc(Cl)c1CN1CCC(c2nnc(C3CC3)o2)CC1. The molecule has 0 bridgehead atoms. The van der Waals surface area contributed by atoms with E-state index >= 15 is 0 Å². The lowest BCUT2D eigenvalue weighted by Crippen LogP contribution is -2.33. The van der Waals surface area contributed by atoms with E-state index in [1.165, 1.54) is 18.9 Å². The van der Waals surface area contributed by atoms with Crippen LogP contribution < -0.4 is 0 Å². The number of hydrogen-bond acceptors (Lipinski definition) is 4. The van der Waals surface area contributed by atoms with Crippen LogP contribution in [-0.2, 0) is 6.54 Å². The van der Waals surface area contributed by atoms with E-state index in [0.29, 0.717) is 29.0 Å². The quantitative estimate of drug-likeness (QED) is 0.843. The van der Waals surface area contributed by atoms with Gasteiger partial charge in [0, 0.05) is 29.0 Å². The van der Waals surface area contributed by atoms with E-state index in [0.717, 1.165) is 37.7 Å². The maximum atomic E-state index is 13.9. The summed E-state index contributed by atoms with van der Waals surface area (Å²) in [5, 5.41) is 8.89. The minimum Gasteiger partial charge on any atom is -0.425 e. The first kappa shape index (κ1) is 15.1. The van der Waals surface area contributed by atoms with Gasteiger partial charge in [-0.2, -0.15) is 0 Å². The molecule has 6 heteroatoms. The number of benzene rings is 1. The van der Waals surface area contributed by atoms with Crippen LogP contribution in [-0.4, -0.2) is 28.2 Å². The minimum absolute atomic E-state index is 0.231. The Kier molecular flexibility index (Phi) is 4.07. The summed E-state index contributed by atoms with van der Waals surface area (Å²) in [4.78, 5) is 2.24. The molecular formula is C17H19ClFN3O. The second-order valence-corrected chi connectivity index (χ2v) is 6.91. The average molecular weight is 336 g/mol. The van der Waals surface area contributed by atoms with Crippen molar-refractivity contribution in [2.24, 2.45) is 0 Å². The third kappa shape index (κ3) is 3.26. The number of piperidine rings is 1. The fraction of sp³-hybridized carbons (Fsp3) is 0.529. The van der Waals surface area contributed by atoms with Crippen molar-refractivity contribution in [2.75, 3.05) is 13.1 Å². The molecule has 0 atom stereocenters. The summed E-state index contributed by atoms with van der Waals surface area (Å²) < 4.78 is 19.7. The predicted octanol–water partition coefficient (Wildman–Crippen LogP) is 4.12. The molecule has 2 fully saturated rings. The average Bonchev–Trinajstić information content (AvgIpc) is 3.29. The lowest BCUT2D eigenvalue weighted by molar-refractivity contribution is 0.190. The van der Waals surface area contributed by atoms with Gasteiger partial charge < -0.3 is 4.42 Å². The Morgan fingerprint density at radius 2 is 1.74 bits per heavy atom. The van der Waals surface area contributed by atoms with Gasteiger partial charge in [0.1, 0.15) is 5.82 Å². The van der Waals surface area contributed by atoms with Crippen molar-refractivity contribution in [3.63, 3.8) is 0 Å². The summed E-state index contributed by atoms with van der Waals surface area (Å²) in [7, 11) is 0. The lowest BCUT2D eigenvalue weighted by atomic mass is 9.96. The zero-order valence-electron chi connectivity index (χ0n) is 12.8. The van der Waals surface area contributed by atoms with Crippen molar-refractivity contribution < 1.29 is 8.81 Å². The number of halogens is 2. The van der Waals surface area contributed by atoms with Gasteiger partial charge >= 0.3 is 0 Å². The first-order chi connectivity index (χ1) is 11.2. The molecule has 1 saturated heterocycles. The van der Waals surface area contributed by atoms with E-state index in [-0.39, 0.29) is 5.82 Å². The van der Waals surface area contributed by atoms with Crippen molar-refractivity contribution in [1.29, 1.82) is 0 Å². The van der Waals surface area contributed by atoms with Gasteiger partial charge in [-0.1, -0.05) is 17.7 Å². The van der Waals surface area contributed by atoms with E-state index in [2.05, 4.69) is 15.1 Å². The monoisotopic (exact) mass is 335 g/mol. The maximum Gasteiger partial charge on any atom is 0.219 e. The number of hydrogen-bond donors (Lipinski definition) is 0. The summed E-state index contributed by atoms with van der Waals surface area (Å²) in [5.74, 6) is 2.17. The molecule has 0 unspecified atom stereocenters. The number of likely N-dealkylation sites (tertiary alicyclic amines) is 1. The van der Waals surface area contributed by atoms with Gasteiger partial charge in [0.15, 0.2) is 0 Å². The van der Waals surface area contributed by atoms with Crippen LogP contribution in [0.4, 0.5) is 4.39 Å². The fourth-order valence-corrected chi connectivity index (χ4v) is 3.37. The van der Waals surface area contributed by atoms with Crippen LogP contribution in [0.5, 0.6) is 0 Å². The highest BCUT2D eigenvalue weighted by molar-refractivity contribution is 6.31. The first-order valence-corrected chi connectivity index (χ1v) is 8.57. The van der Waals surface area contributed by atoms with Gasteiger partial charge in [-0.05, 0) is 50.9 Å². The predicted molar refractivity (Wildman–Crippen MR) is 84.9 cm³/mol. The molecule has 1 saturated carbocycles. The molecule has 0 spiro atoms. The third-order valence-electron chi connectivity index (χ3n) is 4.76. The summed E-state index contributed by atoms with van der Waals surface area (Å²) in [6.07, 6.45) is 4.25. The van der Waals surface area contributed by atoms with Gasteiger partial charge in [0.2, 0.25) is 11.8 Å². The summed E-state index contributed by atoms with van der Waals surface area (Å²) in [6.45, 7) is 2.32. The Morgan fingerprint density at radius 1 is 1.09 bits per heavy atom. The molecule has 122 valence electrons. The smallest absolute Gasteiger partial charge is 0.219 e. The van der Waals surface area contributed by atoms with Gasteiger partial charge in [-0.3, -0.25) is 4.90 Å². The van der Waals surface area contributed by atoms with Crippen molar-refractivity contribution >= 4 is 11.6 Å². The van der Waals surface area contributed by atoms with Crippen LogP contribution >= 0.6 is 11.6 Å². The third-order valence-corrected chi connectivity index (χ3v) is 5.12. The van der Waals surface area contributed by atoms with Gasteiger partial charge in [-0.15, -0.1) is 10.2 Å². The van der Waals surface area contributed by atoms with Crippen LogP contribution in [0.2, 0.25) is 5.02 Å². The van der Waals surface area contributed by atoms with Crippen LogP contribution in [0.1, 0.15) is 54.9 Å². The second-order valence-electron chi connectivity index (χ2n) is 6.50. The van der Waals surface area contributed by atoms with Crippen LogP contribution in [0.25, 0.3) is 0 Å². The molecule has 4 nitrogen and oxygen atoms in total. The Labute approximate surface area is 139 Å². The van der Waals surface area contributed by atoms with Gasteiger partial charge in [0.25, 0.3) is 0 Å². The molecule has 1 aliphatic heterocycles. The number of nitrogens with zero attached hydrogens (tertiary/aromatic N) is 3. The summed E-state index contributed by atoms with van der Waals surface area (Å²) in [5.41, 5.74) is 0.585. The molecule has 2 aliphatic rings. The zero-order chi connectivity index (χ0) is 15.8. The van der Waals surface area contributed by atoms with Crippen molar-refractivity contribution in [2.45, 2.75) is 44.1 Å². The normalized spacial score (nSPS) is 20.1. The van der Waals surface area contributed by atoms with E-state index in [9.17, 15) is 4.39 Å². The minimum atomic E-state index is -0.231. The maximum absolute atomic E-state index is 13.9. The molecule has 2 heterocycles.